The number of halogens is 2. The summed E-state index contributed by atoms with van der Waals surface area (Å²) in [6, 6.07) is 11.8. The first-order valence-electron chi connectivity index (χ1n) is 7.21. The van der Waals surface area contributed by atoms with Gasteiger partial charge in [-0.05, 0) is 42.0 Å². The summed E-state index contributed by atoms with van der Waals surface area (Å²) in [4.78, 5) is 22.4. The first-order valence-corrected chi connectivity index (χ1v) is 9.12. The van der Waals surface area contributed by atoms with Gasteiger partial charge in [-0.1, -0.05) is 29.3 Å². The van der Waals surface area contributed by atoms with Crippen molar-refractivity contribution in [2.45, 2.75) is 5.75 Å². The molecule has 0 aliphatic carbocycles. The van der Waals surface area contributed by atoms with Crippen LogP contribution in [0.3, 0.4) is 0 Å². The molecule has 2 rings (SSSR count). The van der Waals surface area contributed by atoms with Gasteiger partial charge in [0.25, 0.3) is 0 Å². The highest BCUT2D eigenvalue weighted by atomic mass is 35.5. The fraction of sp³-hybridized carbons (Fsp3) is 0.176. The van der Waals surface area contributed by atoms with Crippen LogP contribution in [-0.2, 0) is 15.3 Å². The Morgan fingerprint density at radius 1 is 1.08 bits per heavy atom. The summed E-state index contributed by atoms with van der Waals surface area (Å²) in [5.41, 5.74) is 1.41. The molecular weight excluding hydrogens is 385 g/mol. The maximum Gasteiger partial charge on any atom is 0.341 e. The summed E-state index contributed by atoms with van der Waals surface area (Å²) in [6.45, 7) is -0.410. The molecule has 5 nitrogen and oxygen atoms in total. The van der Waals surface area contributed by atoms with E-state index in [2.05, 4.69) is 5.32 Å². The molecule has 2 aromatic rings. The van der Waals surface area contributed by atoms with Crippen LogP contribution in [0.1, 0.15) is 5.56 Å². The smallest absolute Gasteiger partial charge is 0.341 e. The highest BCUT2D eigenvalue weighted by molar-refractivity contribution is 7.99. The van der Waals surface area contributed by atoms with E-state index in [0.29, 0.717) is 27.2 Å². The van der Waals surface area contributed by atoms with E-state index in [1.54, 1.807) is 42.5 Å². The second-order valence-corrected chi connectivity index (χ2v) is 6.75. The van der Waals surface area contributed by atoms with E-state index in [-0.39, 0.29) is 11.7 Å². The molecule has 132 valence electrons. The maximum absolute atomic E-state index is 12.0. The lowest BCUT2D eigenvalue weighted by Gasteiger charge is -2.08. The third kappa shape index (κ3) is 6.49. The van der Waals surface area contributed by atoms with E-state index in [0.717, 1.165) is 5.56 Å². The third-order valence-electron chi connectivity index (χ3n) is 3.04. The van der Waals surface area contributed by atoms with Crippen molar-refractivity contribution in [2.75, 3.05) is 17.7 Å². The lowest BCUT2D eigenvalue weighted by Crippen LogP contribution is -2.14. The van der Waals surface area contributed by atoms with Crippen LogP contribution in [0.4, 0.5) is 5.69 Å². The Morgan fingerprint density at radius 2 is 1.72 bits per heavy atom. The zero-order chi connectivity index (χ0) is 18.2. The van der Waals surface area contributed by atoms with Crippen molar-refractivity contribution in [3.05, 3.63) is 58.1 Å². The molecule has 0 radical (unpaired) electrons. The topological polar surface area (TPSA) is 75.6 Å². The molecule has 0 saturated carbocycles. The van der Waals surface area contributed by atoms with Gasteiger partial charge in [0.1, 0.15) is 5.75 Å². The van der Waals surface area contributed by atoms with Gasteiger partial charge in [-0.2, -0.15) is 0 Å². The van der Waals surface area contributed by atoms with Crippen LogP contribution in [0, 0.1) is 0 Å². The van der Waals surface area contributed by atoms with Crippen LogP contribution in [0.25, 0.3) is 0 Å². The summed E-state index contributed by atoms with van der Waals surface area (Å²) in [5, 5.41) is 12.5. The lowest BCUT2D eigenvalue weighted by molar-refractivity contribution is -0.139. The Bertz CT molecular complexity index is 733. The molecule has 8 heteroatoms. The molecule has 0 fully saturated rings. The van der Waals surface area contributed by atoms with Gasteiger partial charge in [-0.25, -0.2) is 4.79 Å². The number of carboxylic acids is 1. The highest BCUT2D eigenvalue weighted by Crippen LogP contribution is 2.28. The average molecular weight is 400 g/mol. The van der Waals surface area contributed by atoms with E-state index in [1.807, 2.05) is 0 Å². The van der Waals surface area contributed by atoms with Gasteiger partial charge >= 0.3 is 5.97 Å². The fourth-order valence-electron chi connectivity index (χ4n) is 1.89. The summed E-state index contributed by atoms with van der Waals surface area (Å²) in [6.07, 6.45) is 0. The van der Waals surface area contributed by atoms with E-state index in [1.165, 1.54) is 11.8 Å². The van der Waals surface area contributed by atoms with Crippen molar-refractivity contribution < 1.29 is 19.4 Å². The van der Waals surface area contributed by atoms with Crippen LogP contribution in [0.2, 0.25) is 10.0 Å². The number of nitrogens with one attached hydrogen (secondary N) is 1. The van der Waals surface area contributed by atoms with E-state index in [4.69, 9.17) is 33.0 Å². The standard InChI is InChI=1S/C17H15Cl2NO4S/c18-14-2-1-3-15(19)13(14)9-25-10-16(21)20-11-4-6-12(7-5-11)24-8-17(22)23/h1-7H,8-10H2,(H,20,21)(H,22,23). The SMILES string of the molecule is O=C(O)COc1ccc(NC(=O)CSCc2c(Cl)cccc2Cl)cc1. The number of anilines is 1. The molecule has 0 spiro atoms. The number of carbonyl (C=O) groups is 2. The van der Waals surface area contributed by atoms with Gasteiger partial charge in [0.05, 0.1) is 5.75 Å². The third-order valence-corrected chi connectivity index (χ3v) is 4.71. The minimum Gasteiger partial charge on any atom is -0.482 e. The number of rotatable bonds is 8. The summed E-state index contributed by atoms with van der Waals surface area (Å²) < 4.78 is 5.02. The molecule has 0 saturated heterocycles. The maximum atomic E-state index is 12.0. The van der Waals surface area contributed by atoms with Gasteiger partial charge < -0.3 is 15.2 Å². The van der Waals surface area contributed by atoms with Gasteiger partial charge in [0, 0.05) is 21.5 Å². The Balaban J connectivity index is 1.79. The Morgan fingerprint density at radius 3 is 2.32 bits per heavy atom. The molecule has 0 bridgehead atoms. The van der Waals surface area contributed by atoms with Gasteiger partial charge in [0.2, 0.25) is 5.91 Å². The van der Waals surface area contributed by atoms with Gasteiger partial charge in [0.15, 0.2) is 6.61 Å². The van der Waals surface area contributed by atoms with Crippen LogP contribution >= 0.6 is 35.0 Å². The normalized spacial score (nSPS) is 10.3. The van der Waals surface area contributed by atoms with E-state index in [9.17, 15) is 9.59 Å². The second-order valence-electron chi connectivity index (χ2n) is 4.95. The average Bonchev–Trinajstić information content (AvgIpc) is 2.57. The van der Waals surface area contributed by atoms with Crippen molar-refractivity contribution in [3.63, 3.8) is 0 Å². The molecule has 0 atom stereocenters. The van der Waals surface area contributed by atoms with Crippen LogP contribution < -0.4 is 10.1 Å². The summed E-state index contributed by atoms with van der Waals surface area (Å²) in [5.74, 6) is -0.00395. The molecule has 0 aromatic heterocycles. The monoisotopic (exact) mass is 399 g/mol. The number of hydrogen-bond donors (Lipinski definition) is 2. The second kappa shape index (κ2) is 9.56. The van der Waals surface area contributed by atoms with Crippen molar-refractivity contribution in [1.82, 2.24) is 0 Å². The van der Waals surface area contributed by atoms with Crippen molar-refractivity contribution >= 4 is 52.5 Å². The highest BCUT2D eigenvalue weighted by Gasteiger charge is 2.08. The zero-order valence-electron chi connectivity index (χ0n) is 13.0. The largest absolute Gasteiger partial charge is 0.482 e. The molecule has 2 aromatic carbocycles. The van der Waals surface area contributed by atoms with Crippen LogP contribution in [0.5, 0.6) is 5.75 Å². The van der Waals surface area contributed by atoms with Crippen molar-refractivity contribution in [1.29, 1.82) is 0 Å². The quantitative estimate of drug-likeness (QED) is 0.690. The van der Waals surface area contributed by atoms with E-state index >= 15 is 0 Å². The molecule has 0 aliphatic heterocycles. The van der Waals surface area contributed by atoms with Crippen LogP contribution in [-0.4, -0.2) is 29.3 Å². The number of carbonyl (C=O) groups excluding carboxylic acids is 1. The number of carboxylic acid groups (broad SMARTS) is 1. The summed E-state index contributed by atoms with van der Waals surface area (Å²) in [7, 11) is 0. The lowest BCUT2D eigenvalue weighted by atomic mass is 10.2. The molecular formula is C17H15Cl2NO4S. The molecule has 1 amide bonds. The number of thioether (sulfide) groups is 1. The van der Waals surface area contributed by atoms with Crippen molar-refractivity contribution in [3.8, 4) is 5.75 Å². The first-order chi connectivity index (χ1) is 12.0. The first kappa shape index (κ1) is 19.4. The zero-order valence-corrected chi connectivity index (χ0v) is 15.3. The summed E-state index contributed by atoms with van der Waals surface area (Å²) >= 11 is 13.6. The minimum absolute atomic E-state index is 0.160. The van der Waals surface area contributed by atoms with Crippen LogP contribution in [0.15, 0.2) is 42.5 Å². The Hall–Kier alpha value is -1.89. The minimum atomic E-state index is -1.05. The fourth-order valence-corrected chi connectivity index (χ4v) is 3.46. The van der Waals surface area contributed by atoms with Gasteiger partial charge in [-0.15, -0.1) is 11.8 Å². The molecule has 0 heterocycles. The number of benzene rings is 2. The van der Waals surface area contributed by atoms with E-state index < -0.39 is 12.6 Å². The molecule has 2 N–H and O–H groups in total. The number of amides is 1. The Labute approximate surface area is 159 Å². The predicted molar refractivity (Wildman–Crippen MR) is 101 cm³/mol. The number of hydrogen-bond acceptors (Lipinski definition) is 4. The molecule has 0 aliphatic rings. The number of aliphatic carboxylic acids is 1. The number of ether oxygens (including phenoxy) is 1. The Kier molecular flexibility index (Phi) is 7.43. The van der Waals surface area contributed by atoms with Crippen molar-refractivity contribution in [2.24, 2.45) is 0 Å². The molecule has 0 unspecified atom stereocenters. The molecule has 25 heavy (non-hydrogen) atoms. The predicted octanol–water partition coefficient (Wildman–Crippen LogP) is 4.33. The van der Waals surface area contributed by atoms with Gasteiger partial charge in [-0.3, -0.25) is 4.79 Å².